The van der Waals surface area contributed by atoms with Crippen molar-refractivity contribution < 1.29 is 4.74 Å². The van der Waals surface area contributed by atoms with Gasteiger partial charge >= 0.3 is 0 Å². The minimum absolute atomic E-state index is 0.0440. The number of ether oxygens (including phenoxy) is 1. The molecule has 0 spiro atoms. The summed E-state index contributed by atoms with van der Waals surface area (Å²) >= 11 is 0. The van der Waals surface area contributed by atoms with Gasteiger partial charge in [0.15, 0.2) is 0 Å². The van der Waals surface area contributed by atoms with Gasteiger partial charge in [-0.3, -0.25) is 9.36 Å². The fourth-order valence-electron chi connectivity index (χ4n) is 4.97. The van der Waals surface area contributed by atoms with E-state index in [0.29, 0.717) is 10.9 Å². The molecule has 1 saturated heterocycles. The molecule has 0 unspecified atom stereocenters. The molecule has 5 heteroatoms. The van der Waals surface area contributed by atoms with Crippen LogP contribution in [-0.4, -0.2) is 29.9 Å². The zero-order valence-electron chi connectivity index (χ0n) is 19.7. The number of aromatic nitrogens is 1. The standard InChI is InChI=1S/C29H27N3O2/c1-19-16-32(25-13-11-24(12-14-25)31-17-20(2)34-21(3)18-31)29(33)27-6-4-5-26(28(19)27)23-9-7-22(15-30)8-10-23/h4-14,16,20-21H,17-18H2,1-3H3/t20-,21+. The number of aryl methyl sites for hydroxylation is 1. The summed E-state index contributed by atoms with van der Waals surface area (Å²) in [6.07, 6.45) is 2.31. The molecular formula is C29H27N3O2. The number of benzene rings is 3. The van der Waals surface area contributed by atoms with Gasteiger partial charge in [-0.2, -0.15) is 5.26 Å². The van der Waals surface area contributed by atoms with Crippen molar-refractivity contribution in [1.29, 1.82) is 5.26 Å². The van der Waals surface area contributed by atoms with E-state index in [-0.39, 0.29) is 17.8 Å². The lowest BCUT2D eigenvalue weighted by Crippen LogP contribution is -2.45. The molecule has 5 rings (SSSR count). The molecule has 4 aromatic rings. The van der Waals surface area contributed by atoms with Crippen LogP contribution in [0.25, 0.3) is 27.6 Å². The van der Waals surface area contributed by atoms with E-state index >= 15 is 0 Å². The molecule has 0 amide bonds. The molecule has 0 aliphatic carbocycles. The molecule has 2 heterocycles. The Balaban J connectivity index is 1.55. The van der Waals surface area contributed by atoms with Crippen LogP contribution in [0.4, 0.5) is 5.69 Å². The second kappa shape index (κ2) is 8.81. The van der Waals surface area contributed by atoms with Gasteiger partial charge in [0, 0.05) is 36.0 Å². The summed E-state index contributed by atoms with van der Waals surface area (Å²) in [6.45, 7) is 7.95. The van der Waals surface area contributed by atoms with E-state index in [1.807, 2.05) is 67.7 Å². The van der Waals surface area contributed by atoms with E-state index in [9.17, 15) is 4.79 Å². The molecule has 2 atom stereocenters. The third-order valence-electron chi connectivity index (χ3n) is 6.47. The number of nitriles is 1. The number of anilines is 1. The van der Waals surface area contributed by atoms with Crippen LogP contribution in [0.15, 0.2) is 77.7 Å². The Labute approximate surface area is 199 Å². The van der Waals surface area contributed by atoms with Gasteiger partial charge in [0.25, 0.3) is 5.56 Å². The molecule has 1 aromatic heterocycles. The smallest absolute Gasteiger partial charge is 0.262 e. The van der Waals surface area contributed by atoms with Crippen molar-refractivity contribution in [2.45, 2.75) is 33.0 Å². The third-order valence-corrected chi connectivity index (χ3v) is 6.47. The number of rotatable bonds is 3. The van der Waals surface area contributed by atoms with Crippen LogP contribution in [0.5, 0.6) is 0 Å². The maximum Gasteiger partial charge on any atom is 0.262 e. The molecular weight excluding hydrogens is 422 g/mol. The van der Waals surface area contributed by atoms with Crippen LogP contribution in [0.3, 0.4) is 0 Å². The Morgan fingerprint density at radius 2 is 1.56 bits per heavy atom. The lowest BCUT2D eigenvalue weighted by molar-refractivity contribution is -0.00521. The molecule has 5 nitrogen and oxygen atoms in total. The predicted octanol–water partition coefficient (Wildman–Crippen LogP) is 5.45. The normalized spacial score (nSPS) is 18.1. The van der Waals surface area contributed by atoms with Crippen molar-refractivity contribution in [3.8, 4) is 22.9 Å². The highest BCUT2D eigenvalue weighted by atomic mass is 16.5. The van der Waals surface area contributed by atoms with Crippen LogP contribution < -0.4 is 10.5 Å². The summed E-state index contributed by atoms with van der Waals surface area (Å²) in [5, 5.41) is 10.7. The molecule has 0 radical (unpaired) electrons. The second-order valence-electron chi connectivity index (χ2n) is 9.08. The van der Waals surface area contributed by atoms with Gasteiger partial charge in [0.2, 0.25) is 0 Å². The summed E-state index contributed by atoms with van der Waals surface area (Å²) in [5.41, 5.74) is 5.56. The Hall–Kier alpha value is -3.88. The van der Waals surface area contributed by atoms with Gasteiger partial charge in [0.05, 0.1) is 23.8 Å². The zero-order chi connectivity index (χ0) is 23.8. The molecule has 0 bridgehead atoms. The minimum Gasteiger partial charge on any atom is -0.372 e. The van der Waals surface area contributed by atoms with Crippen molar-refractivity contribution in [1.82, 2.24) is 4.57 Å². The maximum absolute atomic E-state index is 13.5. The molecule has 34 heavy (non-hydrogen) atoms. The van der Waals surface area contributed by atoms with Crippen molar-refractivity contribution in [3.05, 3.63) is 94.4 Å². The van der Waals surface area contributed by atoms with Crippen molar-refractivity contribution >= 4 is 16.5 Å². The van der Waals surface area contributed by atoms with Gasteiger partial charge in [-0.1, -0.05) is 24.3 Å². The highest BCUT2D eigenvalue weighted by Gasteiger charge is 2.22. The summed E-state index contributed by atoms with van der Waals surface area (Å²) in [6, 6.07) is 23.7. The molecule has 170 valence electrons. The highest BCUT2D eigenvalue weighted by Crippen LogP contribution is 2.30. The van der Waals surface area contributed by atoms with E-state index in [0.717, 1.165) is 46.5 Å². The Kier molecular flexibility index (Phi) is 5.69. The minimum atomic E-state index is -0.0440. The number of hydrogen-bond acceptors (Lipinski definition) is 4. The number of pyridine rings is 1. The summed E-state index contributed by atoms with van der Waals surface area (Å²) in [5.74, 6) is 0. The monoisotopic (exact) mass is 449 g/mol. The first kappa shape index (κ1) is 21.9. The van der Waals surface area contributed by atoms with Crippen LogP contribution in [0.1, 0.15) is 25.0 Å². The van der Waals surface area contributed by atoms with Crippen LogP contribution in [-0.2, 0) is 4.74 Å². The number of morpholine rings is 1. The van der Waals surface area contributed by atoms with Crippen LogP contribution >= 0.6 is 0 Å². The van der Waals surface area contributed by atoms with E-state index in [1.165, 1.54) is 0 Å². The molecule has 1 fully saturated rings. The predicted molar refractivity (Wildman–Crippen MR) is 137 cm³/mol. The SMILES string of the molecule is Cc1cn(-c2ccc(N3C[C@@H](C)O[C@@H](C)C3)cc2)c(=O)c2cccc(-c3ccc(C#N)cc3)c12. The van der Waals surface area contributed by atoms with Gasteiger partial charge < -0.3 is 9.64 Å². The Bertz CT molecular complexity index is 1440. The largest absolute Gasteiger partial charge is 0.372 e. The lowest BCUT2D eigenvalue weighted by atomic mass is 9.96. The fraction of sp³-hybridized carbons (Fsp3) is 0.241. The van der Waals surface area contributed by atoms with Crippen LogP contribution in [0, 0.1) is 18.3 Å². The molecule has 1 aliphatic heterocycles. The van der Waals surface area contributed by atoms with Crippen LogP contribution in [0.2, 0.25) is 0 Å². The van der Waals surface area contributed by atoms with Crippen molar-refractivity contribution in [2.75, 3.05) is 18.0 Å². The number of hydrogen-bond donors (Lipinski definition) is 0. The first-order valence-electron chi connectivity index (χ1n) is 11.6. The Morgan fingerprint density at radius 3 is 2.21 bits per heavy atom. The topological polar surface area (TPSA) is 58.3 Å². The molecule has 3 aromatic carbocycles. The Morgan fingerprint density at radius 1 is 0.912 bits per heavy atom. The first-order valence-corrected chi connectivity index (χ1v) is 11.6. The lowest BCUT2D eigenvalue weighted by Gasteiger charge is -2.36. The number of fused-ring (bicyclic) bond motifs is 1. The average molecular weight is 450 g/mol. The maximum atomic E-state index is 13.5. The van der Waals surface area contributed by atoms with E-state index in [4.69, 9.17) is 10.00 Å². The van der Waals surface area contributed by atoms with E-state index < -0.39 is 0 Å². The number of nitrogens with zero attached hydrogens (tertiary/aromatic N) is 3. The van der Waals surface area contributed by atoms with Gasteiger partial charge in [-0.25, -0.2) is 0 Å². The first-order chi connectivity index (χ1) is 16.4. The third kappa shape index (κ3) is 3.98. The summed E-state index contributed by atoms with van der Waals surface area (Å²) < 4.78 is 7.58. The summed E-state index contributed by atoms with van der Waals surface area (Å²) in [7, 11) is 0. The van der Waals surface area contributed by atoms with Gasteiger partial charge in [-0.05, 0) is 85.3 Å². The molecule has 1 aliphatic rings. The van der Waals surface area contributed by atoms with Crippen molar-refractivity contribution in [2.24, 2.45) is 0 Å². The average Bonchev–Trinajstić information content (AvgIpc) is 2.85. The second-order valence-corrected chi connectivity index (χ2v) is 9.08. The van der Waals surface area contributed by atoms with E-state index in [2.05, 4.69) is 36.9 Å². The zero-order valence-corrected chi connectivity index (χ0v) is 19.7. The molecule has 0 N–H and O–H groups in total. The molecule has 0 saturated carbocycles. The summed E-state index contributed by atoms with van der Waals surface area (Å²) in [4.78, 5) is 15.9. The fourth-order valence-corrected chi connectivity index (χ4v) is 4.97. The van der Waals surface area contributed by atoms with E-state index in [1.54, 1.807) is 4.57 Å². The highest BCUT2D eigenvalue weighted by molar-refractivity contribution is 5.98. The quantitative estimate of drug-likeness (QED) is 0.417. The van der Waals surface area contributed by atoms with Gasteiger partial charge in [0.1, 0.15) is 0 Å². The van der Waals surface area contributed by atoms with Crippen molar-refractivity contribution in [3.63, 3.8) is 0 Å². The van der Waals surface area contributed by atoms with Gasteiger partial charge in [-0.15, -0.1) is 0 Å².